The Hall–Kier alpha value is -3.60. The van der Waals surface area contributed by atoms with Crippen LogP contribution in [0.25, 0.3) is 11.3 Å². The fourth-order valence-corrected chi connectivity index (χ4v) is 4.52. The SMILES string of the molecule is CCOc1ccccc1-c1ncc(C2(C)CCN(c3ccc(C(F)(F)F)cc3C#N)CC2)cc1F. The van der Waals surface area contributed by atoms with E-state index in [4.69, 9.17) is 4.74 Å². The highest BCUT2D eigenvalue weighted by Crippen LogP contribution is 2.40. The summed E-state index contributed by atoms with van der Waals surface area (Å²) in [5, 5.41) is 9.42. The van der Waals surface area contributed by atoms with E-state index in [2.05, 4.69) is 4.98 Å². The monoisotopic (exact) mass is 483 g/mol. The number of piperidine rings is 1. The van der Waals surface area contributed by atoms with E-state index >= 15 is 4.39 Å². The highest BCUT2D eigenvalue weighted by atomic mass is 19.4. The molecule has 4 rings (SSSR count). The molecule has 0 N–H and O–H groups in total. The normalized spacial score (nSPS) is 15.5. The van der Waals surface area contributed by atoms with Crippen molar-refractivity contribution in [3.8, 4) is 23.1 Å². The Labute approximate surface area is 201 Å². The number of rotatable bonds is 5. The molecule has 0 radical (unpaired) electrons. The minimum Gasteiger partial charge on any atom is -0.493 e. The maximum absolute atomic E-state index is 15.2. The number of hydrogen-bond acceptors (Lipinski definition) is 4. The topological polar surface area (TPSA) is 49.1 Å². The van der Waals surface area contributed by atoms with Crippen LogP contribution in [0.4, 0.5) is 23.2 Å². The van der Waals surface area contributed by atoms with Gasteiger partial charge in [-0.3, -0.25) is 4.98 Å². The summed E-state index contributed by atoms with van der Waals surface area (Å²) in [5.41, 5.74) is 0.851. The van der Waals surface area contributed by atoms with Crippen LogP contribution in [0.5, 0.6) is 5.75 Å². The number of para-hydroxylation sites is 1. The van der Waals surface area contributed by atoms with Crippen LogP contribution in [0.3, 0.4) is 0 Å². The summed E-state index contributed by atoms with van der Waals surface area (Å²) >= 11 is 0. The lowest BCUT2D eigenvalue weighted by atomic mass is 9.75. The van der Waals surface area contributed by atoms with Crippen molar-refractivity contribution >= 4 is 5.69 Å². The number of nitrogens with zero attached hydrogens (tertiary/aromatic N) is 3. The van der Waals surface area contributed by atoms with E-state index in [9.17, 15) is 18.4 Å². The second-order valence-corrected chi connectivity index (χ2v) is 8.87. The molecule has 1 fully saturated rings. The average Bonchev–Trinajstić information content (AvgIpc) is 2.84. The van der Waals surface area contributed by atoms with E-state index in [0.717, 1.165) is 17.7 Å². The third kappa shape index (κ3) is 4.95. The van der Waals surface area contributed by atoms with E-state index in [1.807, 2.05) is 30.9 Å². The standard InChI is InChI=1S/C27H25F4N3O/c1-3-35-24-7-5-4-6-21(24)25-22(28)15-20(17-33-25)26(2)10-12-34(13-11-26)23-9-8-19(27(29,30)31)14-18(23)16-32/h4-9,14-15,17H,3,10-13H2,1-2H3. The molecular formula is C27H25F4N3O. The number of anilines is 1. The highest BCUT2D eigenvalue weighted by Gasteiger charge is 2.35. The molecule has 0 unspecified atom stereocenters. The van der Waals surface area contributed by atoms with Gasteiger partial charge in [0.1, 0.15) is 23.3 Å². The lowest BCUT2D eigenvalue weighted by molar-refractivity contribution is -0.137. The number of hydrogen-bond donors (Lipinski definition) is 0. The van der Waals surface area contributed by atoms with Gasteiger partial charge in [0.05, 0.1) is 23.4 Å². The molecule has 0 amide bonds. The second kappa shape index (κ2) is 9.57. The molecule has 0 bridgehead atoms. The van der Waals surface area contributed by atoms with Crippen molar-refractivity contribution in [1.82, 2.24) is 4.98 Å². The Balaban J connectivity index is 1.54. The molecule has 0 atom stereocenters. The molecule has 1 aliphatic heterocycles. The lowest BCUT2D eigenvalue weighted by Crippen LogP contribution is -2.41. The van der Waals surface area contributed by atoms with Gasteiger partial charge in [0.2, 0.25) is 0 Å². The first-order valence-corrected chi connectivity index (χ1v) is 11.4. The van der Waals surface area contributed by atoms with Crippen molar-refractivity contribution in [2.75, 3.05) is 24.6 Å². The third-order valence-corrected chi connectivity index (χ3v) is 6.63. The Morgan fingerprint density at radius 2 is 1.83 bits per heavy atom. The van der Waals surface area contributed by atoms with Gasteiger partial charge in [-0.15, -0.1) is 0 Å². The van der Waals surface area contributed by atoms with E-state index in [0.29, 0.717) is 49.5 Å². The van der Waals surface area contributed by atoms with Crippen molar-refractivity contribution in [3.63, 3.8) is 0 Å². The van der Waals surface area contributed by atoms with E-state index in [1.165, 1.54) is 12.1 Å². The Morgan fingerprint density at radius 1 is 1.11 bits per heavy atom. The van der Waals surface area contributed by atoms with Crippen molar-refractivity contribution in [2.24, 2.45) is 0 Å². The molecule has 0 saturated carbocycles. The van der Waals surface area contributed by atoms with Crippen LogP contribution in [-0.2, 0) is 11.6 Å². The molecule has 2 aromatic carbocycles. The minimum atomic E-state index is -4.50. The summed E-state index contributed by atoms with van der Waals surface area (Å²) in [6, 6.07) is 13.8. The summed E-state index contributed by atoms with van der Waals surface area (Å²) in [6.45, 7) is 5.39. The first kappa shape index (κ1) is 24.5. The maximum atomic E-state index is 15.2. The quantitative estimate of drug-likeness (QED) is 0.378. The lowest BCUT2D eigenvalue weighted by Gasteiger charge is -2.41. The van der Waals surface area contributed by atoms with Gasteiger partial charge in [-0.1, -0.05) is 19.1 Å². The molecule has 182 valence electrons. The fourth-order valence-electron chi connectivity index (χ4n) is 4.52. The zero-order valence-electron chi connectivity index (χ0n) is 19.5. The first-order chi connectivity index (χ1) is 16.7. The molecule has 1 aliphatic rings. The number of halogens is 4. The van der Waals surface area contributed by atoms with Crippen LogP contribution in [0.15, 0.2) is 54.7 Å². The summed E-state index contributed by atoms with van der Waals surface area (Å²) in [6.07, 6.45) is -1.55. The molecule has 8 heteroatoms. The zero-order chi connectivity index (χ0) is 25.2. The summed E-state index contributed by atoms with van der Waals surface area (Å²) in [4.78, 5) is 6.34. The largest absolute Gasteiger partial charge is 0.493 e. The van der Waals surface area contributed by atoms with Gasteiger partial charge in [0.15, 0.2) is 0 Å². The van der Waals surface area contributed by atoms with Gasteiger partial charge in [0, 0.05) is 24.8 Å². The van der Waals surface area contributed by atoms with Gasteiger partial charge in [-0.2, -0.15) is 18.4 Å². The van der Waals surface area contributed by atoms with E-state index < -0.39 is 17.6 Å². The van der Waals surface area contributed by atoms with Crippen molar-refractivity contribution in [1.29, 1.82) is 5.26 Å². The van der Waals surface area contributed by atoms with Gasteiger partial charge in [-0.25, -0.2) is 4.39 Å². The van der Waals surface area contributed by atoms with Crippen molar-refractivity contribution < 1.29 is 22.3 Å². The van der Waals surface area contributed by atoms with Crippen LogP contribution in [-0.4, -0.2) is 24.7 Å². The van der Waals surface area contributed by atoms with Crippen molar-refractivity contribution in [3.05, 3.63) is 77.2 Å². The Kier molecular flexibility index (Phi) is 6.70. The number of benzene rings is 2. The number of aromatic nitrogens is 1. The molecule has 2 heterocycles. The van der Waals surface area contributed by atoms with E-state index in [-0.39, 0.29) is 16.7 Å². The summed E-state index contributed by atoms with van der Waals surface area (Å²) < 4.78 is 59.9. The van der Waals surface area contributed by atoms with Gasteiger partial charge >= 0.3 is 6.18 Å². The molecule has 1 aromatic heterocycles. The van der Waals surface area contributed by atoms with Crippen LogP contribution in [0, 0.1) is 17.1 Å². The van der Waals surface area contributed by atoms with Gasteiger partial charge < -0.3 is 9.64 Å². The Morgan fingerprint density at radius 3 is 2.46 bits per heavy atom. The number of pyridine rings is 1. The maximum Gasteiger partial charge on any atom is 0.416 e. The van der Waals surface area contributed by atoms with Crippen LogP contribution >= 0.6 is 0 Å². The average molecular weight is 484 g/mol. The summed E-state index contributed by atoms with van der Waals surface area (Å²) in [7, 11) is 0. The van der Waals surface area contributed by atoms with Crippen LogP contribution in [0.1, 0.15) is 43.4 Å². The number of alkyl halides is 3. The van der Waals surface area contributed by atoms with Crippen LogP contribution < -0.4 is 9.64 Å². The molecular weight excluding hydrogens is 458 g/mol. The van der Waals surface area contributed by atoms with Crippen LogP contribution in [0.2, 0.25) is 0 Å². The van der Waals surface area contributed by atoms with Gasteiger partial charge in [-0.05, 0) is 67.1 Å². The summed E-state index contributed by atoms with van der Waals surface area (Å²) in [5.74, 6) is 0.131. The molecule has 0 spiro atoms. The predicted octanol–water partition coefficient (Wildman–Crippen LogP) is 6.73. The zero-order valence-corrected chi connectivity index (χ0v) is 19.5. The van der Waals surface area contributed by atoms with Gasteiger partial charge in [0.25, 0.3) is 0 Å². The van der Waals surface area contributed by atoms with E-state index in [1.54, 1.807) is 24.4 Å². The molecule has 4 nitrogen and oxygen atoms in total. The fraction of sp³-hybridized carbons (Fsp3) is 0.333. The molecule has 0 aliphatic carbocycles. The first-order valence-electron chi connectivity index (χ1n) is 11.4. The minimum absolute atomic E-state index is 0.00606. The number of ether oxygens (including phenoxy) is 1. The molecule has 1 saturated heterocycles. The molecule has 35 heavy (non-hydrogen) atoms. The second-order valence-electron chi connectivity index (χ2n) is 8.87. The predicted molar refractivity (Wildman–Crippen MR) is 126 cm³/mol. The highest BCUT2D eigenvalue weighted by molar-refractivity contribution is 5.68. The third-order valence-electron chi connectivity index (χ3n) is 6.63. The van der Waals surface area contributed by atoms with Crippen molar-refractivity contribution in [2.45, 2.75) is 38.3 Å². The number of nitriles is 1. The Bertz CT molecular complexity index is 1260. The molecule has 3 aromatic rings. The smallest absolute Gasteiger partial charge is 0.416 e.